The number of hydrogen-bond acceptors (Lipinski definition) is 4. The van der Waals surface area contributed by atoms with Crippen LogP contribution in [0.5, 0.6) is 5.75 Å². The molecular formula is C15H13N3O3. The molecule has 0 aliphatic carbocycles. The average Bonchev–Trinajstić information content (AvgIpc) is 2.88. The van der Waals surface area contributed by atoms with Gasteiger partial charge in [-0.3, -0.25) is 0 Å². The largest absolute Gasteiger partial charge is 0.497 e. The monoisotopic (exact) mass is 283 g/mol. The number of carbonyl (C=O) groups is 1. The number of aromatic carboxylic acids is 1. The summed E-state index contributed by atoms with van der Waals surface area (Å²) in [5.41, 5.74) is 2.75. The minimum atomic E-state index is -0.934. The first-order chi connectivity index (χ1) is 10.2. The lowest BCUT2D eigenvalue weighted by Crippen LogP contribution is -2.04. The number of rotatable bonds is 4. The Kier molecular flexibility index (Phi) is 3.27. The molecule has 0 fully saturated rings. The summed E-state index contributed by atoms with van der Waals surface area (Å²) >= 11 is 0. The van der Waals surface area contributed by atoms with Crippen molar-refractivity contribution in [2.24, 2.45) is 0 Å². The molecule has 3 aromatic rings. The molecule has 1 aromatic heterocycles. The third kappa shape index (κ3) is 2.69. The van der Waals surface area contributed by atoms with E-state index in [-0.39, 0.29) is 5.56 Å². The van der Waals surface area contributed by atoms with E-state index in [1.165, 1.54) is 0 Å². The lowest BCUT2D eigenvalue weighted by molar-refractivity contribution is 0.0697. The van der Waals surface area contributed by atoms with Gasteiger partial charge in [-0.15, -0.1) is 0 Å². The smallest absolute Gasteiger partial charge is 0.335 e. The highest BCUT2D eigenvalue weighted by Gasteiger charge is 2.06. The molecule has 6 nitrogen and oxygen atoms in total. The quantitative estimate of drug-likeness (QED) is 0.794. The minimum absolute atomic E-state index is 0.266. The maximum atomic E-state index is 10.8. The van der Waals surface area contributed by atoms with Crippen molar-refractivity contribution in [3.8, 4) is 5.75 Å². The molecule has 0 amide bonds. The Morgan fingerprint density at radius 3 is 2.52 bits per heavy atom. The standard InChI is InChI=1S/C15H13N3O3/c1-21-12-6-7-13-14(8-12)17-18(16-13)9-10-2-4-11(5-3-10)15(19)20/h2-8H,9H2,1H3,(H,19,20). The van der Waals surface area contributed by atoms with Gasteiger partial charge in [-0.05, 0) is 29.8 Å². The van der Waals surface area contributed by atoms with Crippen LogP contribution in [0.1, 0.15) is 15.9 Å². The van der Waals surface area contributed by atoms with Gasteiger partial charge >= 0.3 is 5.97 Å². The highest BCUT2D eigenvalue weighted by molar-refractivity contribution is 5.87. The molecule has 6 heteroatoms. The Labute approximate surface area is 120 Å². The Morgan fingerprint density at radius 2 is 1.86 bits per heavy atom. The van der Waals surface area contributed by atoms with Crippen LogP contribution in [-0.4, -0.2) is 33.2 Å². The number of nitrogens with zero attached hydrogens (tertiary/aromatic N) is 3. The van der Waals surface area contributed by atoms with Crippen molar-refractivity contribution in [3.63, 3.8) is 0 Å². The zero-order chi connectivity index (χ0) is 14.8. The molecule has 21 heavy (non-hydrogen) atoms. The summed E-state index contributed by atoms with van der Waals surface area (Å²) in [5.74, 6) is -0.197. The number of carboxylic acid groups (broad SMARTS) is 1. The van der Waals surface area contributed by atoms with Crippen LogP contribution < -0.4 is 4.74 Å². The number of fused-ring (bicyclic) bond motifs is 1. The summed E-state index contributed by atoms with van der Waals surface area (Å²) in [6.45, 7) is 0.483. The molecule has 0 unspecified atom stereocenters. The number of carboxylic acids is 1. The summed E-state index contributed by atoms with van der Waals surface area (Å²) < 4.78 is 5.15. The van der Waals surface area contributed by atoms with Crippen molar-refractivity contribution < 1.29 is 14.6 Å². The second kappa shape index (κ2) is 5.24. The molecule has 0 atom stereocenters. The van der Waals surface area contributed by atoms with Gasteiger partial charge in [0.1, 0.15) is 16.8 Å². The van der Waals surface area contributed by atoms with Crippen molar-refractivity contribution in [2.45, 2.75) is 6.54 Å². The van der Waals surface area contributed by atoms with E-state index in [4.69, 9.17) is 9.84 Å². The van der Waals surface area contributed by atoms with Crippen LogP contribution in [0.4, 0.5) is 0 Å². The van der Waals surface area contributed by atoms with Crippen molar-refractivity contribution in [2.75, 3.05) is 7.11 Å². The predicted molar refractivity (Wildman–Crippen MR) is 76.6 cm³/mol. The van der Waals surface area contributed by atoms with E-state index in [0.717, 1.165) is 22.3 Å². The van der Waals surface area contributed by atoms with Crippen molar-refractivity contribution in [1.82, 2.24) is 15.0 Å². The molecule has 0 saturated carbocycles. The predicted octanol–water partition coefficient (Wildman–Crippen LogP) is 2.19. The molecule has 0 spiro atoms. The molecule has 0 aliphatic rings. The van der Waals surface area contributed by atoms with Crippen LogP contribution in [0.3, 0.4) is 0 Å². The Balaban J connectivity index is 1.85. The molecule has 0 saturated heterocycles. The molecule has 0 radical (unpaired) electrons. The number of methoxy groups -OCH3 is 1. The fourth-order valence-electron chi connectivity index (χ4n) is 2.05. The SMILES string of the molecule is COc1ccc2nn(Cc3ccc(C(=O)O)cc3)nc2c1. The molecule has 1 heterocycles. The van der Waals surface area contributed by atoms with Crippen LogP contribution >= 0.6 is 0 Å². The molecule has 106 valence electrons. The maximum Gasteiger partial charge on any atom is 0.335 e. The highest BCUT2D eigenvalue weighted by Crippen LogP contribution is 2.17. The van der Waals surface area contributed by atoms with Crippen molar-refractivity contribution >= 4 is 17.0 Å². The van der Waals surface area contributed by atoms with Gasteiger partial charge in [-0.1, -0.05) is 12.1 Å². The van der Waals surface area contributed by atoms with Gasteiger partial charge < -0.3 is 9.84 Å². The molecule has 1 N–H and O–H groups in total. The van der Waals surface area contributed by atoms with E-state index in [2.05, 4.69) is 10.2 Å². The van der Waals surface area contributed by atoms with E-state index < -0.39 is 5.97 Å². The van der Waals surface area contributed by atoms with Crippen LogP contribution in [0.15, 0.2) is 42.5 Å². The number of ether oxygens (including phenoxy) is 1. The third-order valence-corrected chi connectivity index (χ3v) is 3.15. The van der Waals surface area contributed by atoms with Gasteiger partial charge in [0.05, 0.1) is 19.2 Å². The normalized spacial score (nSPS) is 10.7. The Bertz CT molecular complexity index is 794. The van der Waals surface area contributed by atoms with Gasteiger partial charge in [0.15, 0.2) is 0 Å². The lowest BCUT2D eigenvalue weighted by Gasteiger charge is -2.00. The van der Waals surface area contributed by atoms with Crippen LogP contribution in [0.25, 0.3) is 11.0 Å². The van der Waals surface area contributed by atoms with E-state index >= 15 is 0 Å². The average molecular weight is 283 g/mol. The summed E-state index contributed by atoms with van der Waals surface area (Å²) in [6, 6.07) is 12.2. The summed E-state index contributed by atoms with van der Waals surface area (Å²) in [6.07, 6.45) is 0. The Morgan fingerprint density at radius 1 is 1.14 bits per heavy atom. The van der Waals surface area contributed by atoms with Gasteiger partial charge in [-0.25, -0.2) is 4.79 Å². The lowest BCUT2D eigenvalue weighted by atomic mass is 10.1. The zero-order valence-corrected chi connectivity index (χ0v) is 11.4. The molecular weight excluding hydrogens is 270 g/mol. The number of hydrogen-bond donors (Lipinski definition) is 1. The first kappa shape index (κ1) is 13.1. The number of benzene rings is 2. The first-order valence-corrected chi connectivity index (χ1v) is 6.37. The number of aromatic nitrogens is 3. The summed E-state index contributed by atoms with van der Waals surface area (Å²) in [5, 5.41) is 17.6. The van der Waals surface area contributed by atoms with E-state index in [0.29, 0.717) is 6.54 Å². The third-order valence-electron chi connectivity index (χ3n) is 3.15. The maximum absolute atomic E-state index is 10.8. The Hall–Kier alpha value is -2.89. The van der Waals surface area contributed by atoms with E-state index in [1.54, 1.807) is 36.2 Å². The van der Waals surface area contributed by atoms with Gasteiger partial charge in [0.25, 0.3) is 0 Å². The second-order valence-electron chi connectivity index (χ2n) is 4.59. The highest BCUT2D eigenvalue weighted by atomic mass is 16.5. The zero-order valence-electron chi connectivity index (χ0n) is 11.4. The van der Waals surface area contributed by atoms with Gasteiger partial charge in [0.2, 0.25) is 0 Å². The topological polar surface area (TPSA) is 77.2 Å². The molecule has 2 aromatic carbocycles. The van der Waals surface area contributed by atoms with E-state index in [9.17, 15) is 4.79 Å². The van der Waals surface area contributed by atoms with Gasteiger partial charge in [0, 0.05) is 6.07 Å². The minimum Gasteiger partial charge on any atom is -0.497 e. The van der Waals surface area contributed by atoms with Crippen molar-refractivity contribution in [3.05, 3.63) is 53.6 Å². The van der Waals surface area contributed by atoms with E-state index in [1.807, 2.05) is 18.2 Å². The molecule has 0 bridgehead atoms. The van der Waals surface area contributed by atoms with Crippen LogP contribution in [0.2, 0.25) is 0 Å². The summed E-state index contributed by atoms with van der Waals surface area (Å²) in [7, 11) is 1.61. The van der Waals surface area contributed by atoms with Gasteiger partial charge in [-0.2, -0.15) is 15.0 Å². The van der Waals surface area contributed by atoms with Crippen LogP contribution in [0, 0.1) is 0 Å². The molecule has 3 rings (SSSR count). The first-order valence-electron chi connectivity index (χ1n) is 6.37. The fourth-order valence-corrected chi connectivity index (χ4v) is 2.05. The second-order valence-corrected chi connectivity index (χ2v) is 4.59. The van der Waals surface area contributed by atoms with Crippen molar-refractivity contribution in [1.29, 1.82) is 0 Å². The molecule has 0 aliphatic heterocycles. The fraction of sp³-hybridized carbons (Fsp3) is 0.133. The van der Waals surface area contributed by atoms with Crippen LogP contribution in [-0.2, 0) is 6.54 Å². The summed E-state index contributed by atoms with van der Waals surface area (Å²) in [4.78, 5) is 12.4.